The van der Waals surface area contributed by atoms with Crippen LogP contribution in [0.4, 0.5) is 0 Å². The van der Waals surface area contributed by atoms with Crippen molar-refractivity contribution in [3.63, 3.8) is 0 Å². The molecule has 0 saturated heterocycles. The van der Waals surface area contributed by atoms with Crippen LogP contribution >= 0.6 is 0 Å². The van der Waals surface area contributed by atoms with Gasteiger partial charge in [0, 0.05) is 16.4 Å². The molecule has 0 unspecified atom stereocenters. The second-order valence-electron chi connectivity index (χ2n) is 5.98. The molecule has 2 heterocycles. The third-order valence-corrected chi connectivity index (χ3v) is 4.97. The summed E-state index contributed by atoms with van der Waals surface area (Å²) in [7, 11) is -1.37. The minimum atomic E-state index is -1.37. The Bertz CT molecular complexity index is 916. The van der Waals surface area contributed by atoms with E-state index >= 15 is 0 Å². The van der Waals surface area contributed by atoms with E-state index in [4.69, 9.17) is 8.83 Å². The molecule has 6 nitrogen and oxygen atoms in total. The molecule has 2 aromatic heterocycles. The lowest BCUT2D eigenvalue weighted by atomic mass is 10.1. The Kier molecular flexibility index (Phi) is 5.68. The van der Waals surface area contributed by atoms with E-state index in [1.54, 1.807) is 25.3 Å². The molecule has 1 amide bonds. The van der Waals surface area contributed by atoms with Crippen molar-refractivity contribution >= 4 is 16.7 Å². The van der Waals surface area contributed by atoms with Crippen LogP contribution < -0.4 is 5.32 Å². The summed E-state index contributed by atoms with van der Waals surface area (Å²) < 4.78 is 23.1. The van der Waals surface area contributed by atoms with Crippen molar-refractivity contribution < 1.29 is 17.8 Å². The Balaban J connectivity index is 1.58. The fourth-order valence-electron chi connectivity index (χ4n) is 2.46. The number of nitrogens with one attached hydrogen (secondary N) is 1. The zero-order chi connectivity index (χ0) is 18.5. The van der Waals surface area contributed by atoms with Crippen molar-refractivity contribution in [2.75, 3.05) is 5.75 Å². The van der Waals surface area contributed by atoms with Crippen LogP contribution in [0.1, 0.15) is 22.8 Å². The quantitative estimate of drug-likeness (QED) is 0.689. The zero-order valence-corrected chi connectivity index (χ0v) is 15.5. The van der Waals surface area contributed by atoms with Crippen LogP contribution in [-0.4, -0.2) is 20.9 Å². The van der Waals surface area contributed by atoms with Gasteiger partial charge in [0.1, 0.15) is 17.3 Å². The van der Waals surface area contributed by atoms with Gasteiger partial charge in [-0.1, -0.05) is 17.7 Å². The maximum Gasteiger partial charge on any atom is 0.233 e. The first-order valence-corrected chi connectivity index (χ1v) is 9.67. The number of aryl methyl sites for hydroxylation is 2. The number of hydrogen-bond donors (Lipinski definition) is 1. The highest BCUT2D eigenvalue weighted by molar-refractivity contribution is 7.84. The van der Waals surface area contributed by atoms with Gasteiger partial charge in [0.25, 0.3) is 0 Å². The van der Waals surface area contributed by atoms with Crippen molar-refractivity contribution in [3.05, 3.63) is 65.4 Å². The summed E-state index contributed by atoms with van der Waals surface area (Å²) in [6.45, 7) is 4.07. The maximum absolute atomic E-state index is 12.3. The molecule has 1 N–H and O–H groups in total. The highest BCUT2D eigenvalue weighted by atomic mass is 32.2. The summed E-state index contributed by atoms with van der Waals surface area (Å²) in [5.74, 6) is 1.56. The molecule has 1 atom stereocenters. The molecule has 3 aromatic rings. The summed E-state index contributed by atoms with van der Waals surface area (Å²) in [6.07, 6.45) is 1.54. The largest absolute Gasteiger partial charge is 0.467 e. The standard InChI is InChI=1S/C19H20N2O4S/c1-13-5-3-6-15(9-13)19-21-17(14(2)25-19)11-26(23)12-18(22)20-10-16-7-4-8-24-16/h3-9H,10-12H2,1-2H3,(H,20,22)/t26-/m0/s1. The van der Waals surface area contributed by atoms with Crippen LogP contribution in [0.15, 0.2) is 51.5 Å². The molecular weight excluding hydrogens is 352 g/mol. The highest BCUT2D eigenvalue weighted by Crippen LogP contribution is 2.23. The first kappa shape index (κ1) is 18.1. The van der Waals surface area contributed by atoms with E-state index in [0.29, 0.717) is 23.1 Å². The van der Waals surface area contributed by atoms with Crippen LogP contribution in [-0.2, 0) is 27.9 Å². The van der Waals surface area contributed by atoms with E-state index in [-0.39, 0.29) is 24.0 Å². The van der Waals surface area contributed by atoms with Crippen LogP contribution in [0.5, 0.6) is 0 Å². The monoisotopic (exact) mass is 372 g/mol. The number of amides is 1. The minimum absolute atomic E-state index is 0.0905. The maximum atomic E-state index is 12.3. The Hall–Kier alpha value is -2.67. The fourth-order valence-corrected chi connectivity index (χ4v) is 3.53. The van der Waals surface area contributed by atoms with E-state index in [1.165, 1.54) is 0 Å². The van der Waals surface area contributed by atoms with E-state index in [2.05, 4.69) is 10.3 Å². The second kappa shape index (κ2) is 8.14. The normalized spacial score (nSPS) is 12.1. The average Bonchev–Trinajstić information content (AvgIpc) is 3.23. The fraction of sp³-hybridized carbons (Fsp3) is 0.263. The molecule has 0 aliphatic rings. The molecule has 0 bridgehead atoms. The molecule has 26 heavy (non-hydrogen) atoms. The topological polar surface area (TPSA) is 85.3 Å². The lowest BCUT2D eigenvalue weighted by Gasteiger charge is -2.03. The number of nitrogens with zero attached hydrogens (tertiary/aromatic N) is 1. The van der Waals surface area contributed by atoms with E-state index in [9.17, 15) is 9.00 Å². The molecule has 0 spiro atoms. The van der Waals surface area contributed by atoms with Crippen LogP contribution in [0, 0.1) is 13.8 Å². The average molecular weight is 372 g/mol. The van der Waals surface area contributed by atoms with Gasteiger partial charge >= 0.3 is 0 Å². The molecule has 0 saturated carbocycles. The molecular formula is C19H20N2O4S. The van der Waals surface area contributed by atoms with Crippen molar-refractivity contribution in [2.45, 2.75) is 26.1 Å². The molecule has 136 valence electrons. The number of aromatic nitrogens is 1. The number of carbonyl (C=O) groups is 1. The lowest BCUT2D eigenvalue weighted by molar-refractivity contribution is -0.118. The van der Waals surface area contributed by atoms with Gasteiger partial charge in [-0.2, -0.15) is 0 Å². The number of hydrogen-bond acceptors (Lipinski definition) is 5. The molecule has 1 aromatic carbocycles. The molecule has 0 fully saturated rings. The van der Waals surface area contributed by atoms with E-state index < -0.39 is 10.8 Å². The van der Waals surface area contributed by atoms with Crippen LogP contribution in [0.25, 0.3) is 11.5 Å². The number of rotatable bonds is 7. The van der Waals surface area contributed by atoms with Gasteiger partial charge in [0.2, 0.25) is 11.8 Å². The molecule has 0 aliphatic heterocycles. The van der Waals surface area contributed by atoms with E-state index in [1.807, 2.05) is 31.2 Å². The molecule has 0 aliphatic carbocycles. The molecule has 3 rings (SSSR count). The van der Waals surface area contributed by atoms with Crippen molar-refractivity contribution in [3.8, 4) is 11.5 Å². The predicted molar refractivity (Wildman–Crippen MR) is 98.7 cm³/mol. The van der Waals surface area contributed by atoms with Gasteiger partial charge in [-0.15, -0.1) is 0 Å². The first-order chi connectivity index (χ1) is 12.5. The Morgan fingerprint density at radius 2 is 2.08 bits per heavy atom. The minimum Gasteiger partial charge on any atom is -0.467 e. The summed E-state index contributed by atoms with van der Waals surface area (Å²) in [6, 6.07) is 11.3. The lowest BCUT2D eigenvalue weighted by Crippen LogP contribution is -2.28. The van der Waals surface area contributed by atoms with Crippen molar-refractivity contribution in [2.24, 2.45) is 0 Å². The van der Waals surface area contributed by atoms with Crippen molar-refractivity contribution in [1.82, 2.24) is 10.3 Å². The Morgan fingerprint density at radius 3 is 2.81 bits per heavy atom. The third kappa shape index (κ3) is 4.70. The summed E-state index contributed by atoms with van der Waals surface area (Å²) >= 11 is 0. The summed E-state index contributed by atoms with van der Waals surface area (Å²) in [5.41, 5.74) is 2.59. The zero-order valence-electron chi connectivity index (χ0n) is 14.7. The van der Waals surface area contributed by atoms with Crippen LogP contribution in [0.3, 0.4) is 0 Å². The number of benzene rings is 1. The number of carbonyl (C=O) groups excluding carboxylic acids is 1. The molecule has 7 heteroatoms. The summed E-state index contributed by atoms with van der Waals surface area (Å²) in [5, 5.41) is 2.68. The highest BCUT2D eigenvalue weighted by Gasteiger charge is 2.16. The Morgan fingerprint density at radius 1 is 1.23 bits per heavy atom. The van der Waals surface area contributed by atoms with Gasteiger partial charge in [-0.3, -0.25) is 9.00 Å². The number of oxazole rings is 1. The molecule has 0 radical (unpaired) electrons. The Labute approximate surface area is 154 Å². The third-order valence-electron chi connectivity index (χ3n) is 3.79. The first-order valence-electron chi connectivity index (χ1n) is 8.18. The van der Waals surface area contributed by atoms with Gasteiger partial charge in [-0.05, 0) is 38.1 Å². The van der Waals surface area contributed by atoms with Crippen LogP contribution in [0.2, 0.25) is 0 Å². The van der Waals surface area contributed by atoms with E-state index in [0.717, 1.165) is 11.1 Å². The van der Waals surface area contributed by atoms with Gasteiger partial charge < -0.3 is 14.2 Å². The van der Waals surface area contributed by atoms with Gasteiger partial charge in [0.05, 0.1) is 24.3 Å². The van der Waals surface area contributed by atoms with Gasteiger partial charge in [0.15, 0.2) is 0 Å². The second-order valence-corrected chi connectivity index (χ2v) is 7.43. The predicted octanol–water partition coefficient (Wildman–Crippen LogP) is 3.12. The van der Waals surface area contributed by atoms with Gasteiger partial charge in [-0.25, -0.2) is 4.98 Å². The SMILES string of the molecule is Cc1cccc(-c2nc(C[S@](=O)CC(=O)NCc3ccco3)c(C)o2)c1. The smallest absolute Gasteiger partial charge is 0.233 e. The summed E-state index contributed by atoms with van der Waals surface area (Å²) in [4.78, 5) is 16.3. The number of furan rings is 1. The van der Waals surface area contributed by atoms with Crippen molar-refractivity contribution in [1.29, 1.82) is 0 Å².